The zero-order valence-electron chi connectivity index (χ0n) is 13.4. The van der Waals surface area contributed by atoms with E-state index in [1.54, 1.807) is 17.0 Å². The van der Waals surface area contributed by atoms with Crippen molar-refractivity contribution in [2.24, 2.45) is 5.73 Å². The molecule has 3 N–H and O–H groups in total. The lowest BCUT2D eigenvalue weighted by Gasteiger charge is -2.31. The molecule has 1 aliphatic rings. The number of amides is 2. The summed E-state index contributed by atoms with van der Waals surface area (Å²) in [6.45, 7) is 5.18. The van der Waals surface area contributed by atoms with Gasteiger partial charge in [0.25, 0.3) is 5.91 Å². The number of nitrogens with two attached hydrogens (primary N) is 1. The number of anilines is 1. The molecule has 1 aromatic carbocycles. The van der Waals surface area contributed by atoms with Crippen molar-refractivity contribution in [1.29, 1.82) is 0 Å². The van der Waals surface area contributed by atoms with Crippen molar-refractivity contribution in [3.8, 4) is 0 Å². The van der Waals surface area contributed by atoms with Crippen LogP contribution in [-0.2, 0) is 4.79 Å². The average Bonchev–Trinajstić information content (AvgIpc) is 2.99. The SMILES string of the molecule is CCC(CC)(CN)NC(=O)c1cccc(N2CCCC2=O)c1. The molecule has 1 aromatic rings. The van der Waals surface area contributed by atoms with E-state index in [0.29, 0.717) is 18.5 Å². The lowest BCUT2D eigenvalue weighted by Crippen LogP contribution is -2.52. The van der Waals surface area contributed by atoms with Gasteiger partial charge in [0.2, 0.25) is 5.91 Å². The number of benzene rings is 1. The summed E-state index contributed by atoms with van der Waals surface area (Å²) in [7, 11) is 0. The van der Waals surface area contributed by atoms with Crippen LogP contribution in [0.1, 0.15) is 49.9 Å². The number of rotatable bonds is 6. The topological polar surface area (TPSA) is 75.4 Å². The van der Waals surface area contributed by atoms with Gasteiger partial charge >= 0.3 is 0 Å². The molecule has 1 aliphatic heterocycles. The van der Waals surface area contributed by atoms with Gasteiger partial charge in [-0.15, -0.1) is 0 Å². The van der Waals surface area contributed by atoms with E-state index in [1.807, 2.05) is 26.0 Å². The minimum atomic E-state index is -0.365. The fourth-order valence-corrected chi connectivity index (χ4v) is 2.82. The molecule has 0 bridgehead atoms. The molecule has 0 aromatic heterocycles. The Bertz CT molecular complexity index is 544. The molecule has 2 amide bonds. The zero-order valence-corrected chi connectivity index (χ0v) is 13.4. The second-order valence-corrected chi connectivity index (χ2v) is 5.84. The van der Waals surface area contributed by atoms with Crippen LogP contribution >= 0.6 is 0 Å². The second kappa shape index (κ2) is 6.92. The lowest BCUT2D eigenvalue weighted by molar-refractivity contribution is -0.117. The monoisotopic (exact) mass is 303 g/mol. The van der Waals surface area contributed by atoms with Crippen LogP contribution in [0.25, 0.3) is 0 Å². The van der Waals surface area contributed by atoms with Gasteiger partial charge in [0.05, 0.1) is 5.54 Å². The molecule has 1 fully saturated rings. The minimum Gasteiger partial charge on any atom is -0.345 e. The smallest absolute Gasteiger partial charge is 0.251 e. The first-order chi connectivity index (χ1) is 10.5. The van der Waals surface area contributed by atoms with Gasteiger partial charge < -0.3 is 16.0 Å². The highest BCUT2D eigenvalue weighted by Gasteiger charge is 2.27. The van der Waals surface area contributed by atoms with Crippen molar-refractivity contribution in [2.75, 3.05) is 18.0 Å². The fourth-order valence-electron chi connectivity index (χ4n) is 2.82. The van der Waals surface area contributed by atoms with Gasteiger partial charge in [-0.1, -0.05) is 19.9 Å². The Balaban J connectivity index is 2.18. The highest BCUT2D eigenvalue weighted by Crippen LogP contribution is 2.23. The predicted molar refractivity (Wildman–Crippen MR) is 87.9 cm³/mol. The Morgan fingerprint density at radius 3 is 2.64 bits per heavy atom. The lowest BCUT2D eigenvalue weighted by atomic mass is 9.92. The van der Waals surface area contributed by atoms with E-state index in [9.17, 15) is 9.59 Å². The van der Waals surface area contributed by atoms with E-state index in [1.165, 1.54) is 0 Å². The molecule has 5 heteroatoms. The largest absolute Gasteiger partial charge is 0.345 e. The predicted octanol–water partition coefficient (Wildman–Crippen LogP) is 2.06. The maximum Gasteiger partial charge on any atom is 0.251 e. The second-order valence-electron chi connectivity index (χ2n) is 5.84. The van der Waals surface area contributed by atoms with Crippen LogP contribution in [0.4, 0.5) is 5.69 Å². The van der Waals surface area contributed by atoms with Crippen LogP contribution in [0.5, 0.6) is 0 Å². The van der Waals surface area contributed by atoms with E-state index in [0.717, 1.165) is 31.5 Å². The quantitative estimate of drug-likeness (QED) is 0.844. The Morgan fingerprint density at radius 1 is 1.36 bits per heavy atom. The van der Waals surface area contributed by atoms with Gasteiger partial charge in [-0.3, -0.25) is 9.59 Å². The van der Waals surface area contributed by atoms with Gasteiger partial charge in [-0.25, -0.2) is 0 Å². The summed E-state index contributed by atoms with van der Waals surface area (Å²) >= 11 is 0. The number of nitrogens with zero attached hydrogens (tertiary/aromatic N) is 1. The highest BCUT2D eigenvalue weighted by atomic mass is 16.2. The van der Waals surface area contributed by atoms with E-state index in [4.69, 9.17) is 5.73 Å². The highest BCUT2D eigenvalue weighted by molar-refractivity contribution is 5.99. The molecule has 120 valence electrons. The van der Waals surface area contributed by atoms with Crippen molar-refractivity contribution in [3.63, 3.8) is 0 Å². The Kier molecular flexibility index (Phi) is 5.19. The van der Waals surface area contributed by atoms with Gasteiger partial charge in [-0.05, 0) is 37.5 Å². The first-order valence-corrected chi connectivity index (χ1v) is 7.98. The zero-order chi connectivity index (χ0) is 16.2. The summed E-state index contributed by atoms with van der Waals surface area (Å²) in [5.41, 5.74) is 6.83. The van der Waals surface area contributed by atoms with Gasteiger partial charge in [0.1, 0.15) is 0 Å². The summed E-state index contributed by atoms with van der Waals surface area (Å²) in [5, 5.41) is 3.06. The Hall–Kier alpha value is -1.88. The van der Waals surface area contributed by atoms with Crippen LogP contribution in [-0.4, -0.2) is 30.4 Å². The van der Waals surface area contributed by atoms with Crippen LogP contribution in [0.2, 0.25) is 0 Å². The number of hydrogen-bond acceptors (Lipinski definition) is 3. The van der Waals surface area contributed by atoms with Crippen LogP contribution < -0.4 is 16.0 Å². The Morgan fingerprint density at radius 2 is 2.09 bits per heavy atom. The number of hydrogen-bond donors (Lipinski definition) is 2. The third-order valence-corrected chi connectivity index (χ3v) is 4.62. The van der Waals surface area contributed by atoms with Crippen molar-refractivity contribution in [1.82, 2.24) is 5.32 Å². The fraction of sp³-hybridized carbons (Fsp3) is 0.529. The summed E-state index contributed by atoms with van der Waals surface area (Å²) in [6.07, 6.45) is 3.03. The normalized spacial score (nSPS) is 15.2. The van der Waals surface area contributed by atoms with Crippen LogP contribution in [0.15, 0.2) is 24.3 Å². The van der Waals surface area contributed by atoms with Crippen molar-refractivity contribution in [3.05, 3.63) is 29.8 Å². The molecule has 2 rings (SSSR count). The molecule has 5 nitrogen and oxygen atoms in total. The van der Waals surface area contributed by atoms with Gasteiger partial charge in [-0.2, -0.15) is 0 Å². The average molecular weight is 303 g/mol. The maximum absolute atomic E-state index is 12.5. The van der Waals surface area contributed by atoms with E-state index in [2.05, 4.69) is 5.32 Å². The van der Waals surface area contributed by atoms with Crippen molar-refractivity contribution < 1.29 is 9.59 Å². The molecule has 0 atom stereocenters. The molecule has 1 saturated heterocycles. The molecular weight excluding hydrogens is 278 g/mol. The van der Waals surface area contributed by atoms with E-state index < -0.39 is 0 Å². The molecule has 0 unspecified atom stereocenters. The van der Waals surface area contributed by atoms with Crippen LogP contribution in [0.3, 0.4) is 0 Å². The Labute approximate surface area is 131 Å². The number of carbonyl (C=O) groups is 2. The molecule has 0 saturated carbocycles. The van der Waals surface area contributed by atoms with E-state index >= 15 is 0 Å². The molecule has 0 aliphatic carbocycles. The van der Waals surface area contributed by atoms with E-state index in [-0.39, 0.29) is 17.4 Å². The minimum absolute atomic E-state index is 0.121. The first-order valence-electron chi connectivity index (χ1n) is 7.98. The number of nitrogens with one attached hydrogen (secondary N) is 1. The van der Waals surface area contributed by atoms with Gasteiger partial charge in [0, 0.05) is 30.8 Å². The molecule has 22 heavy (non-hydrogen) atoms. The molecule has 0 spiro atoms. The third-order valence-electron chi connectivity index (χ3n) is 4.62. The number of carbonyl (C=O) groups excluding carboxylic acids is 2. The molecule has 0 radical (unpaired) electrons. The third kappa shape index (κ3) is 3.30. The summed E-state index contributed by atoms with van der Waals surface area (Å²) in [4.78, 5) is 26.1. The molecule has 1 heterocycles. The van der Waals surface area contributed by atoms with Crippen molar-refractivity contribution >= 4 is 17.5 Å². The van der Waals surface area contributed by atoms with Crippen molar-refractivity contribution in [2.45, 2.75) is 45.1 Å². The van der Waals surface area contributed by atoms with Crippen LogP contribution in [0, 0.1) is 0 Å². The summed E-state index contributed by atoms with van der Waals surface area (Å²) < 4.78 is 0. The maximum atomic E-state index is 12.5. The first kappa shape index (κ1) is 16.5. The summed E-state index contributed by atoms with van der Waals surface area (Å²) in [6, 6.07) is 7.24. The van der Waals surface area contributed by atoms with Gasteiger partial charge in [0.15, 0.2) is 0 Å². The summed E-state index contributed by atoms with van der Waals surface area (Å²) in [5.74, 6) is -0.0152. The standard InChI is InChI=1S/C17H25N3O2/c1-3-17(4-2,12-18)19-16(22)13-7-5-8-14(11-13)20-10-6-9-15(20)21/h5,7-8,11H,3-4,6,9-10,12,18H2,1-2H3,(H,19,22). The molecular formula is C17H25N3O2.